The smallest absolute Gasteiger partial charge is 0.290 e. The van der Waals surface area contributed by atoms with Crippen LogP contribution < -0.4 is 10.6 Å². The van der Waals surface area contributed by atoms with Crippen molar-refractivity contribution >= 4 is 22.8 Å². The number of carbonyl (C=O) groups is 2. The Labute approximate surface area is 167 Å². The highest BCUT2D eigenvalue weighted by Crippen LogP contribution is 2.19. The van der Waals surface area contributed by atoms with Crippen LogP contribution in [-0.2, 0) is 17.8 Å². The molecule has 1 aliphatic carbocycles. The largest absolute Gasteiger partial charge is 0.352 e. The standard InChI is InChI=1S/C20H24N6O3/c1-2-13-11-18(29-25-13)20(28)22-15-7-5-6-14(10-15)21-19(27)12-26-23-16-8-3-4-9-17(16)24-26/h3-4,8-9,11,14-15H,2,5-7,10,12H2,1H3,(H,21,27)(H,22,28)/t14-,15-/m1/s1. The molecule has 1 saturated carbocycles. The van der Waals surface area contributed by atoms with Gasteiger partial charge in [-0.15, -0.1) is 0 Å². The van der Waals surface area contributed by atoms with E-state index in [0.29, 0.717) is 6.42 Å². The van der Waals surface area contributed by atoms with Gasteiger partial charge in [-0.25, -0.2) is 0 Å². The van der Waals surface area contributed by atoms with E-state index in [-0.39, 0.29) is 36.2 Å². The molecule has 1 fully saturated rings. The first-order chi connectivity index (χ1) is 14.1. The summed E-state index contributed by atoms with van der Waals surface area (Å²) < 4.78 is 5.09. The number of carbonyl (C=O) groups excluding carboxylic acids is 2. The van der Waals surface area contributed by atoms with Crippen molar-refractivity contribution in [3.05, 3.63) is 41.8 Å². The summed E-state index contributed by atoms with van der Waals surface area (Å²) in [4.78, 5) is 26.2. The fraction of sp³-hybridized carbons (Fsp3) is 0.450. The molecule has 0 spiro atoms. The van der Waals surface area contributed by atoms with Crippen molar-refractivity contribution in [1.82, 2.24) is 30.8 Å². The quantitative estimate of drug-likeness (QED) is 0.657. The first-order valence-corrected chi connectivity index (χ1v) is 9.96. The first kappa shape index (κ1) is 19.1. The van der Waals surface area contributed by atoms with Crippen LogP contribution in [0.4, 0.5) is 0 Å². The second-order valence-corrected chi connectivity index (χ2v) is 7.36. The van der Waals surface area contributed by atoms with E-state index in [0.717, 1.165) is 42.4 Å². The Morgan fingerprint density at radius 2 is 1.83 bits per heavy atom. The van der Waals surface area contributed by atoms with Crippen molar-refractivity contribution < 1.29 is 14.1 Å². The average molecular weight is 396 g/mol. The van der Waals surface area contributed by atoms with E-state index in [2.05, 4.69) is 26.0 Å². The van der Waals surface area contributed by atoms with Gasteiger partial charge in [0.15, 0.2) is 0 Å². The third-order valence-electron chi connectivity index (χ3n) is 5.13. The molecule has 3 aromatic rings. The Morgan fingerprint density at radius 1 is 1.14 bits per heavy atom. The molecule has 0 unspecified atom stereocenters. The van der Waals surface area contributed by atoms with Crippen LogP contribution in [0.15, 0.2) is 34.9 Å². The van der Waals surface area contributed by atoms with E-state index in [4.69, 9.17) is 4.52 Å². The maximum absolute atomic E-state index is 12.4. The van der Waals surface area contributed by atoms with Crippen molar-refractivity contribution in [1.29, 1.82) is 0 Å². The third kappa shape index (κ3) is 4.61. The highest BCUT2D eigenvalue weighted by molar-refractivity contribution is 5.91. The number of rotatable bonds is 6. The van der Waals surface area contributed by atoms with Crippen LogP contribution in [0.1, 0.15) is 48.9 Å². The summed E-state index contributed by atoms with van der Waals surface area (Å²) in [5.41, 5.74) is 2.28. The molecule has 2 heterocycles. The SMILES string of the molecule is CCc1cc(C(=O)N[C@@H]2CCC[C@@H](NC(=O)Cn3nc4ccccc4n3)C2)on1. The minimum Gasteiger partial charge on any atom is -0.352 e. The maximum Gasteiger partial charge on any atom is 0.290 e. The highest BCUT2D eigenvalue weighted by atomic mass is 16.5. The van der Waals surface area contributed by atoms with E-state index in [1.807, 2.05) is 31.2 Å². The Balaban J connectivity index is 1.29. The summed E-state index contributed by atoms with van der Waals surface area (Å²) in [5, 5.41) is 18.5. The molecule has 2 atom stereocenters. The molecule has 4 rings (SSSR count). The predicted octanol–water partition coefficient (Wildman–Crippen LogP) is 1.84. The first-order valence-electron chi connectivity index (χ1n) is 9.96. The monoisotopic (exact) mass is 396 g/mol. The van der Waals surface area contributed by atoms with E-state index < -0.39 is 0 Å². The average Bonchev–Trinajstić information content (AvgIpc) is 3.34. The minimum atomic E-state index is -0.262. The molecule has 0 radical (unpaired) electrons. The van der Waals surface area contributed by atoms with Gasteiger partial charge in [-0.05, 0) is 44.2 Å². The lowest BCUT2D eigenvalue weighted by Gasteiger charge is -2.30. The minimum absolute atomic E-state index is 0.00690. The van der Waals surface area contributed by atoms with Crippen LogP contribution >= 0.6 is 0 Å². The van der Waals surface area contributed by atoms with Gasteiger partial charge in [0.05, 0.1) is 5.69 Å². The van der Waals surface area contributed by atoms with Crippen LogP contribution in [-0.4, -0.2) is 44.0 Å². The summed E-state index contributed by atoms with van der Waals surface area (Å²) in [5.74, 6) is -0.170. The summed E-state index contributed by atoms with van der Waals surface area (Å²) in [6.07, 6.45) is 4.08. The number of hydrogen-bond acceptors (Lipinski definition) is 6. The van der Waals surface area contributed by atoms with Gasteiger partial charge in [0, 0.05) is 18.2 Å². The lowest BCUT2D eigenvalue weighted by atomic mass is 9.91. The zero-order valence-corrected chi connectivity index (χ0v) is 16.3. The molecule has 2 aromatic heterocycles. The number of fused-ring (bicyclic) bond motifs is 1. The van der Waals surface area contributed by atoms with Crippen LogP contribution in [0, 0.1) is 0 Å². The fourth-order valence-corrected chi connectivity index (χ4v) is 3.67. The van der Waals surface area contributed by atoms with Gasteiger partial charge in [0.25, 0.3) is 5.91 Å². The summed E-state index contributed by atoms with van der Waals surface area (Å²) in [6.45, 7) is 2.02. The number of benzene rings is 1. The van der Waals surface area contributed by atoms with Gasteiger partial charge in [-0.2, -0.15) is 15.0 Å². The van der Waals surface area contributed by atoms with Crippen molar-refractivity contribution in [3.8, 4) is 0 Å². The predicted molar refractivity (Wildman–Crippen MR) is 105 cm³/mol. The van der Waals surface area contributed by atoms with E-state index >= 15 is 0 Å². The topological polar surface area (TPSA) is 115 Å². The molecular formula is C20H24N6O3. The highest BCUT2D eigenvalue weighted by Gasteiger charge is 2.26. The van der Waals surface area contributed by atoms with Crippen molar-refractivity contribution in [2.75, 3.05) is 0 Å². The molecule has 29 heavy (non-hydrogen) atoms. The van der Waals surface area contributed by atoms with Gasteiger partial charge < -0.3 is 15.2 Å². The number of nitrogens with zero attached hydrogens (tertiary/aromatic N) is 4. The lowest BCUT2D eigenvalue weighted by molar-refractivity contribution is -0.123. The second kappa shape index (κ2) is 8.42. The van der Waals surface area contributed by atoms with Gasteiger partial charge in [0.1, 0.15) is 17.6 Å². The number of hydrogen-bond donors (Lipinski definition) is 2. The van der Waals surface area contributed by atoms with Crippen molar-refractivity contribution in [2.24, 2.45) is 0 Å². The van der Waals surface area contributed by atoms with Gasteiger partial charge in [0.2, 0.25) is 11.7 Å². The molecule has 9 heteroatoms. The van der Waals surface area contributed by atoms with Crippen LogP contribution in [0.5, 0.6) is 0 Å². The molecule has 1 aliphatic rings. The third-order valence-corrected chi connectivity index (χ3v) is 5.13. The van der Waals surface area contributed by atoms with E-state index in [1.54, 1.807) is 6.07 Å². The number of aromatic nitrogens is 4. The number of aryl methyl sites for hydroxylation is 1. The van der Waals surface area contributed by atoms with Crippen LogP contribution in [0.25, 0.3) is 11.0 Å². The van der Waals surface area contributed by atoms with Crippen molar-refractivity contribution in [2.45, 2.75) is 57.7 Å². The zero-order valence-electron chi connectivity index (χ0n) is 16.3. The van der Waals surface area contributed by atoms with Gasteiger partial charge >= 0.3 is 0 Å². The number of nitrogens with one attached hydrogen (secondary N) is 2. The number of amides is 2. The van der Waals surface area contributed by atoms with E-state index in [9.17, 15) is 9.59 Å². The molecule has 2 N–H and O–H groups in total. The second-order valence-electron chi connectivity index (χ2n) is 7.36. The molecule has 2 amide bonds. The molecule has 0 bridgehead atoms. The maximum atomic E-state index is 12.4. The molecule has 9 nitrogen and oxygen atoms in total. The molecular weight excluding hydrogens is 372 g/mol. The Kier molecular flexibility index (Phi) is 5.55. The Hall–Kier alpha value is -3.23. The zero-order chi connectivity index (χ0) is 20.2. The Morgan fingerprint density at radius 3 is 2.48 bits per heavy atom. The van der Waals surface area contributed by atoms with Crippen molar-refractivity contribution in [3.63, 3.8) is 0 Å². The summed E-state index contributed by atoms with van der Waals surface area (Å²) >= 11 is 0. The summed E-state index contributed by atoms with van der Waals surface area (Å²) in [6, 6.07) is 9.17. The molecule has 152 valence electrons. The summed E-state index contributed by atoms with van der Waals surface area (Å²) in [7, 11) is 0. The van der Waals surface area contributed by atoms with E-state index in [1.165, 1.54) is 4.80 Å². The van der Waals surface area contributed by atoms with Gasteiger partial charge in [-0.1, -0.05) is 24.2 Å². The molecule has 0 saturated heterocycles. The van der Waals surface area contributed by atoms with Crippen LogP contribution in [0.3, 0.4) is 0 Å². The van der Waals surface area contributed by atoms with Crippen LogP contribution in [0.2, 0.25) is 0 Å². The molecule has 0 aliphatic heterocycles. The Bertz CT molecular complexity index is 977. The van der Waals surface area contributed by atoms with Gasteiger partial charge in [-0.3, -0.25) is 9.59 Å². The molecule has 1 aromatic carbocycles. The fourth-order valence-electron chi connectivity index (χ4n) is 3.67. The lowest BCUT2D eigenvalue weighted by Crippen LogP contribution is -2.46. The normalized spacial score (nSPS) is 19.2.